The maximum absolute atomic E-state index is 13.0. The number of methoxy groups -OCH3 is 3. The smallest absolute Gasteiger partial charge is 0.344 e. The number of carbonyl (C=O) groups excluding carboxylic acids is 1. The third-order valence-electron chi connectivity index (χ3n) is 5.41. The molecule has 0 saturated heterocycles. The first-order chi connectivity index (χ1) is 16.9. The molecule has 7 nitrogen and oxygen atoms in total. The van der Waals surface area contributed by atoms with E-state index in [1.807, 2.05) is 36.4 Å². The zero-order chi connectivity index (χ0) is 24.9. The first kappa shape index (κ1) is 23.6. The summed E-state index contributed by atoms with van der Waals surface area (Å²) in [7, 11) is 4.64. The van der Waals surface area contributed by atoms with Crippen LogP contribution in [0.1, 0.15) is 18.1 Å². The molecule has 7 heteroatoms. The van der Waals surface area contributed by atoms with Gasteiger partial charge < -0.3 is 23.4 Å². The lowest BCUT2D eigenvalue weighted by atomic mass is 9.99. The molecule has 0 aliphatic rings. The lowest BCUT2D eigenvalue weighted by molar-refractivity contribution is -0.131. The number of fused-ring (bicyclic) bond motifs is 1. The Balaban J connectivity index is 1.90. The zero-order valence-electron chi connectivity index (χ0n) is 19.8. The van der Waals surface area contributed by atoms with E-state index in [9.17, 15) is 9.59 Å². The monoisotopic (exact) mass is 472 g/mol. The topological polar surface area (TPSA) is 84.2 Å². The predicted molar refractivity (Wildman–Crippen MR) is 134 cm³/mol. The number of esters is 1. The minimum absolute atomic E-state index is 0.366. The standard InChI is InChI=1S/C28H24O7/c1-17(29)34-21-10-5-18(6-11-21)7-14-22-23-15-25(32-3)26(33-4)16-24(23)28(30)35-27(22)19-8-12-20(31-2)13-9-19/h5-16H,1-4H3/b14-7+. The Kier molecular flexibility index (Phi) is 6.87. The quantitative estimate of drug-likeness (QED) is 0.256. The minimum atomic E-state index is -0.491. The fraction of sp³-hybridized carbons (Fsp3) is 0.143. The van der Waals surface area contributed by atoms with Gasteiger partial charge in [0.05, 0.1) is 26.7 Å². The van der Waals surface area contributed by atoms with E-state index in [-0.39, 0.29) is 5.97 Å². The SMILES string of the molecule is COc1ccc(-c2oc(=O)c3cc(OC)c(OC)cc3c2/C=C/c2ccc(OC(C)=O)cc2)cc1. The second kappa shape index (κ2) is 10.2. The van der Waals surface area contributed by atoms with Crippen LogP contribution >= 0.6 is 0 Å². The average molecular weight is 472 g/mol. The number of carbonyl (C=O) groups is 1. The molecule has 0 spiro atoms. The van der Waals surface area contributed by atoms with Crippen LogP contribution in [-0.4, -0.2) is 27.3 Å². The van der Waals surface area contributed by atoms with Crippen molar-refractivity contribution in [3.05, 3.63) is 82.2 Å². The number of rotatable bonds is 7. The van der Waals surface area contributed by atoms with Crippen molar-refractivity contribution < 1.29 is 28.2 Å². The van der Waals surface area contributed by atoms with Gasteiger partial charge in [0.2, 0.25) is 0 Å². The highest BCUT2D eigenvalue weighted by atomic mass is 16.5. The van der Waals surface area contributed by atoms with Crippen molar-refractivity contribution in [2.75, 3.05) is 21.3 Å². The van der Waals surface area contributed by atoms with Crippen molar-refractivity contribution in [1.82, 2.24) is 0 Å². The Bertz CT molecular complexity index is 1450. The summed E-state index contributed by atoms with van der Waals surface area (Å²) in [5.41, 5.74) is 1.77. The number of ether oxygens (including phenoxy) is 4. The van der Waals surface area contributed by atoms with Crippen molar-refractivity contribution >= 4 is 28.9 Å². The van der Waals surface area contributed by atoms with Gasteiger partial charge >= 0.3 is 11.6 Å². The summed E-state index contributed by atoms with van der Waals surface area (Å²) in [6.07, 6.45) is 3.76. The number of hydrogen-bond acceptors (Lipinski definition) is 7. The fourth-order valence-corrected chi connectivity index (χ4v) is 3.71. The Hall–Kier alpha value is -4.52. The molecular formula is C28H24O7. The molecule has 0 N–H and O–H groups in total. The van der Waals surface area contributed by atoms with Crippen molar-refractivity contribution in [1.29, 1.82) is 0 Å². The normalized spacial score (nSPS) is 11.0. The van der Waals surface area contributed by atoms with Crippen LogP contribution in [0.5, 0.6) is 23.0 Å². The molecule has 3 aromatic carbocycles. The fourth-order valence-electron chi connectivity index (χ4n) is 3.71. The van der Waals surface area contributed by atoms with Crippen LogP contribution in [0.15, 0.2) is 69.9 Å². The summed E-state index contributed by atoms with van der Waals surface area (Å²) in [6, 6.07) is 17.7. The highest BCUT2D eigenvalue weighted by molar-refractivity contribution is 5.98. The molecule has 1 heterocycles. The molecule has 0 aliphatic heterocycles. The zero-order valence-corrected chi connectivity index (χ0v) is 19.8. The molecular weight excluding hydrogens is 448 g/mol. The van der Waals surface area contributed by atoms with Gasteiger partial charge in [-0.3, -0.25) is 4.79 Å². The van der Waals surface area contributed by atoms with Crippen molar-refractivity contribution in [3.63, 3.8) is 0 Å². The lowest BCUT2D eigenvalue weighted by Gasteiger charge is -2.13. The van der Waals surface area contributed by atoms with Crippen molar-refractivity contribution in [2.45, 2.75) is 6.92 Å². The number of hydrogen-bond donors (Lipinski definition) is 0. The van der Waals surface area contributed by atoms with Gasteiger partial charge in [-0.15, -0.1) is 0 Å². The van der Waals surface area contributed by atoms with Gasteiger partial charge in [0.15, 0.2) is 11.5 Å². The Morgan fingerprint density at radius 1 is 0.771 bits per heavy atom. The largest absolute Gasteiger partial charge is 0.497 e. The van der Waals surface area contributed by atoms with E-state index < -0.39 is 5.63 Å². The van der Waals surface area contributed by atoms with Crippen LogP contribution in [0.25, 0.3) is 34.2 Å². The first-order valence-electron chi connectivity index (χ1n) is 10.8. The van der Waals surface area contributed by atoms with Gasteiger partial charge in [0, 0.05) is 23.4 Å². The minimum Gasteiger partial charge on any atom is -0.497 e. The highest BCUT2D eigenvalue weighted by Gasteiger charge is 2.17. The van der Waals surface area contributed by atoms with E-state index in [0.29, 0.717) is 50.7 Å². The summed E-state index contributed by atoms with van der Waals surface area (Å²) in [5.74, 6) is 2.10. The van der Waals surface area contributed by atoms with E-state index >= 15 is 0 Å². The molecule has 35 heavy (non-hydrogen) atoms. The van der Waals surface area contributed by atoms with E-state index in [1.165, 1.54) is 14.0 Å². The molecule has 0 saturated carbocycles. The molecule has 0 unspecified atom stereocenters. The van der Waals surface area contributed by atoms with Gasteiger partial charge in [0.25, 0.3) is 0 Å². The summed E-state index contributed by atoms with van der Waals surface area (Å²) < 4.78 is 27.0. The molecule has 0 aliphatic carbocycles. The Morgan fingerprint density at radius 2 is 1.37 bits per heavy atom. The highest BCUT2D eigenvalue weighted by Crippen LogP contribution is 2.37. The molecule has 0 fully saturated rings. The molecule has 4 aromatic rings. The molecule has 0 amide bonds. The number of benzene rings is 3. The molecule has 178 valence electrons. The van der Waals surface area contributed by atoms with Gasteiger partial charge in [-0.05, 0) is 60.2 Å². The third kappa shape index (κ3) is 5.04. The van der Waals surface area contributed by atoms with Gasteiger partial charge in [-0.2, -0.15) is 0 Å². The average Bonchev–Trinajstić information content (AvgIpc) is 2.88. The maximum atomic E-state index is 13.0. The summed E-state index contributed by atoms with van der Waals surface area (Å²) >= 11 is 0. The van der Waals surface area contributed by atoms with E-state index in [4.69, 9.17) is 23.4 Å². The summed E-state index contributed by atoms with van der Waals surface area (Å²) in [5, 5.41) is 1.02. The van der Waals surface area contributed by atoms with Gasteiger partial charge in [0.1, 0.15) is 17.3 Å². The maximum Gasteiger partial charge on any atom is 0.344 e. The summed E-state index contributed by atoms with van der Waals surface area (Å²) in [6.45, 7) is 1.35. The van der Waals surface area contributed by atoms with Crippen LogP contribution in [0.2, 0.25) is 0 Å². The third-order valence-corrected chi connectivity index (χ3v) is 5.41. The molecule has 0 radical (unpaired) electrons. The summed E-state index contributed by atoms with van der Waals surface area (Å²) in [4.78, 5) is 24.1. The van der Waals surface area contributed by atoms with Crippen LogP contribution in [-0.2, 0) is 4.79 Å². The van der Waals surface area contributed by atoms with Crippen LogP contribution < -0.4 is 24.6 Å². The van der Waals surface area contributed by atoms with Crippen molar-refractivity contribution in [3.8, 4) is 34.3 Å². The van der Waals surface area contributed by atoms with E-state index in [0.717, 1.165) is 5.56 Å². The second-order valence-electron chi connectivity index (χ2n) is 7.61. The lowest BCUT2D eigenvalue weighted by Crippen LogP contribution is -2.04. The molecule has 1 aromatic heterocycles. The van der Waals surface area contributed by atoms with Gasteiger partial charge in [-0.1, -0.05) is 18.2 Å². The van der Waals surface area contributed by atoms with Crippen molar-refractivity contribution in [2.24, 2.45) is 0 Å². The van der Waals surface area contributed by atoms with Gasteiger partial charge in [-0.25, -0.2) is 4.79 Å². The van der Waals surface area contributed by atoms with Crippen LogP contribution in [0.3, 0.4) is 0 Å². The Morgan fingerprint density at radius 3 is 1.94 bits per heavy atom. The second-order valence-corrected chi connectivity index (χ2v) is 7.61. The Labute approximate surface area is 202 Å². The first-order valence-corrected chi connectivity index (χ1v) is 10.8. The van der Waals surface area contributed by atoms with Crippen LogP contribution in [0.4, 0.5) is 0 Å². The van der Waals surface area contributed by atoms with Crippen LogP contribution in [0, 0.1) is 0 Å². The molecule has 0 atom stereocenters. The molecule has 0 bridgehead atoms. The molecule has 4 rings (SSSR count). The predicted octanol–water partition coefficient (Wildman–Crippen LogP) is 5.58. The van der Waals surface area contributed by atoms with E-state index in [2.05, 4.69) is 0 Å². The van der Waals surface area contributed by atoms with E-state index in [1.54, 1.807) is 50.6 Å².